The van der Waals surface area contributed by atoms with Crippen LogP contribution in [0, 0.1) is 11.8 Å². The van der Waals surface area contributed by atoms with Crippen LogP contribution in [0.1, 0.15) is 26.7 Å². The highest BCUT2D eigenvalue weighted by atomic mass is 16.2. The first-order valence-electron chi connectivity index (χ1n) is 6.34. The van der Waals surface area contributed by atoms with Crippen molar-refractivity contribution in [3.63, 3.8) is 0 Å². The molecule has 5 heteroatoms. The molecule has 1 heterocycles. The van der Waals surface area contributed by atoms with Crippen LogP contribution in [-0.4, -0.2) is 38.0 Å². The van der Waals surface area contributed by atoms with Gasteiger partial charge in [-0.15, -0.1) is 0 Å². The number of rotatable bonds is 5. The van der Waals surface area contributed by atoms with Gasteiger partial charge in [-0.25, -0.2) is 0 Å². The predicted molar refractivity (Wildman–Crippen MR) is 66.5 cm³/mol. The van der Waals surface area contributed by atoms with Crippen molar-refractivity contribution >= 4 is 11.8 Å². The average Bonchev–Trinajstić information content (AvgIpc) is 2.34. The summed E-state index contributed by atoms with van der Waals surface area (Å²) in [5, 5.41) is 8.68. The zero-order valence-electron chi connectivity index (χ0n) is 10.7. The van der Waals surface area contributed by atoms with E-state index in [9.17, 15) is 9.59 Å². The molecule has 0 aromatic carbocycles. The minimum Gasteiger partial charge on any atom is -0.354 e. The number of piperidine rings is 1. The highest BCUT2D eigenvalue weighted by Gasteiger charge is 2.20. The number of carbonyl (C=O) groups is 2. The highest BCUT2D eigenvalue weighted by Crippen LogP contribution is 2.10. The van der Waals surface area contributed by atoms with Crippen LogP contribution in [0.25, 0.3) is 0 Å². The van der Waals surface area contributed by atoms with E-state index in [0.29, 0.717) is 12.5 Å². The van der Waals surface area contributed by atoms with E-state index < -0.39 is 0 Å². The van der Waals surface area contributed by atoms with Crippen molar-refractivity contribution in [2.75, 3.05) is 26.2 Å². The first-order valence-corrected chi connectivity index (χ1v) is 6.34. The maximum Gasteiger partial charge on any atom is 0.239 e. The molecule has 3 N–H and O–H groups in total. The second-order valence-corrected chi connectivity index (χ2v) is 4.94. The van der Waals surface area contributed by atoms with E-state index in [-0.39, 0.29) is 24.3 Å². The largest absolute Gasteiger partial charge is 0.354 e. The summed E-state index contributed by atoms with van der Waals surface area (Å²) >= 11 is 0. The van der Waals surface area contributed by atoms with Crippen LogP contribution in [0.5, 0.6) is 0 Å². The van der Waals surface area contributed by atoms with E-state index in [0.717, 1.165) is 25.9 Å². The minimum absolute atomic E-state index is 0.00574. The third kappa shape index (κ3) is 5.68. The summed E-state index contributed by atoms with van der Waals surface area (Å²) in [7, 11) is 0. The molecule has 0 radical (unpaired) electrons. The van der Waals surface area contributed by atoms with Crippen molar-refractivity contribution in [2.45, 2.75) is 26.7 Å². The molecular weight excluding hydrogens is 218 g/mol. The van der Waals surface area contributed by atoms with E-state index >= 15 is 0 Å². The van der Waals surface area contributed by atoms with Gasteiger partial charge in [0.25, 0.3) is 0 Å². The number of amides is 2. The molecule has 17 heavy (non-hydrogen) atoms. The van der Waals surface area contributed by atoms with Crippen molar-refractivity contribution in [1.82, 2.24) is 16.0 Å². The number of hydrogen-bond acceptors (Lipinski definition) is 3. The summed E-state index contributed by atoms with van der Waals surface area (Å²) in [6, 6.07) is 0. The molecular formula is C12H23N3O2. The summed E-state index contributed by atoms with van der Waals surface area (Å²) in [6.45, 7) is 6.59. The van der Waals surface area contributed by atoms with Crippen molar-refractivity contribution in [3.8, 4) is 0 Å². The summed E-state index contributed by atoms with van der Waals surface area (Å²) < 4.78 is 0. The van der Waals surface area contributed by atoms with Crippen molar-refractivity contribution in [2.24, 2.45) is 11.8 Å². The molecule has 0 atom stereocenters. The van der Waals surface area contributed by atoms with Gasteiger partial charge >= 0.3 is 0 Å². The molecule has 1 fully saturated rings. The van der Waals surface area contributed by atoms with E-state index in [1.807, 2.05) is 13.8 Å². The summed E-state index contributed by atoms with van der Waals surface area (Å²) in [5.41, 5.74) is 0. The lowest BCUT2D eigenvalue weighted by atomic mass is 9.97. The van der Waals surface area contributed by atoms with Gasteiger partial charge in [0.05, 0.1) is 6.54 Å². The second kappa shape index (κ2) is 7.27. The van der Waals surface area contributed by atoms with Crippen molar-refractivity contribution < 1.29 is 9.59 Å². The second-order valence-electron chi connectivity index (χ2n) is 4.94. The van der Waals surface area contributed by atoms with Gasteiger partial charge in [0.15, 0.2) is 0 Å². The fourth-order valence-corrected chi connectivity index (χ4v) is 1.78. The van der Waals surface area contributed by atoms with E-state index in [4.69, 9.17) is 0 Å². The molecule has 5 nitrogen and oxygen atoms in total. The van der Waals surface area contributed by atoms with Crippen LogP contribution in [0.4, 0.5) is 0 Å². The Morgan fingerprint density at radius 3 is 2.47 bits per heavy atom. The highest BCUT2D eigenvalue weighted by molar-refractivity contribution is 5.85. The smallest absolute Gasteiger partial charge is 0.239 e. The summed E-state index contributed by atoms with van der Waals surface area (Å²) in [4.78, 5) is 23.1. The van der Waals surface area contributed by atoms with E-state index in [2.05, 4.69) is 16.0 Å². The molecule has 0 spiro atoms. The monoisotopic (exact) mass is 241 g/mol. The van der Waals surface area contributed by atoms with Crippen LogP contribution in [0.2, 0.25) is 0 Å². The molecule has 0 aromatic rings. The van der Waals surface area contributed by atoms with Crippen LogP contribution in [0.15, 0.2) is 0 Å². The SMILES string of the molecule is CC(C)CNC(=O)CNC(=O)C1CCNCC1. The normalized spacial score (nSPS) is 16.9. The van der Waals surface area contributed by atoms with E-state index in [1.165, 1.54) is 0 Å². The molecule has 1 aliphatic heterocycles. The minimum atomic E-state index is -0.110. The Kier molecular flexibility index (Phi) is 5.97. The van der Waals surface area contributed by atoms with Crippen LogP contribution in [0.3, 0.4) is 0 Å². The Morgan fingerprint density at radius 2 is 1.88 bits per heavy atom. The molecule has 0 aliphatic carbocycles. The molecule has 0 bridgehead atoms. The Balaban J connectivity index is 2.16. The number of nitrogens with one attached hydrogen (secondary N) is 3. The third-order valence-corrected chi connectivity index (χ3v) is 2.84. The first kappa shape index (κ1) is 14.0. The Bertz CT molecular complexity index is 260. The summed E-state index contributed by atoms with van der Waals surface area (Å²) in [5.74, 6) is 0.389. The molecule has 1 saturated heterocycles. The van der Waals surface area contributed by atoms with Crippen LogP contribution >= 0.6 is 0 Å². The molecule has 0 unspecified atom stereocenters. The Morgan fingerprint density at radius 1 is 1.24 bits per heavy atom. The topological polar surface area (TPSA) is 70.2 Å². The molecule has 2 amide bonds. The van der Waals surface area contributed by atoms with Crippen molar-refractivity contribution in [3.05, 3.63) is 0 Å². The molecule has 0 aromatic heterocycles. The fourth-order valence-electron chi connectivity index (χ4n) is 1.78. The van der Waals surface area contributed by atoms with Gasteiger partial charge in [0.1, 0.15) is 0 Å². The van der Waals surface area contributed by atoms with E-state index in [1.54, 1.807) is 0 Å². The van der Waals surface area contributed by atoms with Gasteiger partial charge in [0, 0.05) is 12.5 Å². The lowest BCUT2D eigenvalue weighted by Gasteiger charge is -2.21. The number of hydrogen-bond donors (Lipinski definition) is 3. The molecule has 1 aliphatic rings. The predicted octanol–water partition coefficient (Wildman–Crippen LogP) is -0.126. The maximum atomic E-state index is 11.7. The van der Waals surface area contributed by atoms with Gasteiger partial charge in [-0.2, -0.15) is 0 Å². The van der Waals surface area contributed by atoms with Gasteiger partial charge in [-0.05, 0) is 31.8 Å². The first-order chi connectivity index (χ1) is 8.09. The third-order valence-electron chi connectivity index (χ3n) is 2.84. The van der Waals surface area contributed by atoms with Crippen LogP contribution < -0.4 is 16.0 Å². The average molecular weight is 241 g/mol. The number of carbonyl (C=O) groups excluding carboxylic acids is 2. The quantitative estimate of drug-likeness (QED) is 0.628. The Hall–Kier alpha value is -1.10. The molecule has 1 rings (SSSR count). The lowest BCUT2D eigenvalue weighted by Crippen LogP contribution is -2.43. The molecule has 0 saturated carbocycles. The zero-order chi connectivity index (χ0) is 12.7. The standard InChI is InChI=1S/C12H23N3O2/c1-9(2)7-14-11(16)8-15-12(17)10-3-5-13-6-4-10/h9-10,13H,3-8H2,1-2H3,(H,14,16)(H,15,17). The zero-order valence-corrected chi connectivity index (χ0v) is 10.7. The summed E-state index contributed by atoms with van der Waals surface area (Å²) in [6.07, 6.45) is 1.72. The maximum absolute atomic E-state index is 11.7. The fraction of sp³-hybridized carbons (Fsp3) is 0.833. The molecule has 98 valence electrons. The van der Waals surface area contributed by atoms with Gasteiger partial charge in [-0.3, -0.25) is 9.59 Å². The van der Waals surface area contributed by atoms with Gasteiger partial charge < -0.3 is 16.0 Å². The van der Waals surface area contributed by atoms with Gasteiger partial charge in [0.2, 0.25) is 11.8 Å². The van der Waals surface area contributed by atoms with Crippen molar-refractivity contribution in [1.29, 1.82) is 0 Å². The Labute approximate surface area is 103 Å². The van der Waals surface area contributed by atoms with Gasteiger partial charge in [-0.1, -0.05) is 13.8 Å². The lowest BCUT2D eigenvalue weighted by molar-refractivity contribution is -0.129. The van der Waals surface area contributed by atoms with Crippen LogP contribution in [-0.2, 0) is 9.59 Å².